The molecular formula is C15H25NO3S. The van der Waals surface area contributed by atoms with E-state index in [0.29, 0.717) is 13.2 Å². The lowest BCUT2D eigenvalue weighted by Crippen LogP contribution is -2.18. The molecule has 0 aliphatic rings. The first-order valence-corrected chi connectivity index (χ1v) is 8.04. The standard InChI is InChI=1S/C15H25NO3S/c1-4-20-10-9-19-14-6-5-13(11-15(14)18-3)12-16-7-8-17-2/h5-6,11,16H,4,7-10,12H2,1-3H3. The lowest BCUT2D eigenvalue weighted by atomic mass is 10.2. The molecule has 114 valence electrons. The zero-order valence-electron chi connectivity index (χ0n) is 12.6. The van der Waals surface area contributed by atoms with Gasteiger partial charge in [-0.3, -0.25) is 0 Å². The van der Waals surface area contributed by atoms with Gasteiger partial charge < -0.3 is 19.5 Å². The molecule has 0 unspecified atom stereocenters. The maximum absolute atomic E-state index is 5.74. The van der Waals surface area contributed by atoms with E-state index >= 15 is 0 Å². The largest absolute Gasteiger partial charge is 0.493 e. The monoisotopic (exact) mass is 299 g/mol. The first-order valence-electron chi connectivity index (χ1n) is 6.89. The zero-order chi connectivity index (χ0) is 14.6. The van der Waals surface area contributed by atoms with Crippen LogP contribution >= 0.6 is 11.8 Å². The summed E-state index contributed by atoms with van der Waals surface area (Å²) in [5, 5.41) is 3.31. The average molecular weight is 299 g/mol. The highest BCUT2D eigenvalue weighted by molar-refractivity contribution is 7.99. The van der Waals surface area contributed by atoms with Crippen LogP contribution < -0.4 is 14.8 Å². The molecule has 1 rings (SSSR count). The van der Waals surface area contributed by atoms with E-state index in [2.05, 4.69) is 18.3 Å². The van der Waals surface area contributed by atoms with Gasteiger partial charge in [0.2, 0.25) is 0 Å². The van der Waals surface area contributed by atoms with Gasteiger partial charge in [0.05, 0.1) is 20.3 Å². The van der Waals surface area contributed by atoms with Gasteiger partial charge in [-0.15, -0.1) is 0 Å². The number of hydrogen-bond donors (Lipinski definition) is 1. The second kappa shape index (κ2) is 10.8. The molecule has 0 amide bonds. The van der Waals surface area contributed by atoms with Crippen LogP contribution in [-0.2, 0) is 11.3 Å². The van der Waals surface area contributed by atoms with Crippen molar-refractivity contribution < 1.29 is 14.2 Å². The van der Waals surface area contributed by atoms with Gasteiger partial charge in [0.25, 0.3) is 0 Å². The van der Waals surface area contributed by atoms with Crippen LogP contribution in [0.1, 0.15) is 12.5 Å². The fourth-order valence-corrected chi connectivity index (χ4v) is 2.19. The number of ether oxygens (including phenoxy) is 3. The van der Waals surface area contributed by atoms with Crippen molar-refractivity contribution in [3.05, 3.63) is 23.8 Å². The van der Waals surface area contributed by atoms with Crippen molar-refractivity contribution in [2.24, 2.45) is 0 Å². The average Bonchev–Trinajstić information content (AvgIpc) is 2.49. The summed E-state index contributed by atoms with van der Waals surface area (Å²) in [5.41, 5.74) is 1.17. The Morgan fingerprint density at radius 3 is 2.70 bits per heavy atom. The van der Waals surface area contributed by atoms with Crippen LogP contribution in [0.25, 0.3) is 0 Å². The van der Waals surface area contributed by atoms with Gasteiger partial charge in [-0.25, -0.2) is 0 Å². The molecule has 1 N–H and O–H groups in total. The molecule has 0 aromatic heterocycles. The Morgan fingerprint density at radius 2 is 2.00 bits per heavy atom. The van der Waals surface area contributed by atoms with E-state index in [1.54, 1.807) is 14.2 Å². The smallest absolute Gasteiger partial charge is 0.161 e. The number of methoxy groups -OCH3 is 2. The number of hydrogen-bond acceptors (Lipinski definition) is 5. The molecule has 5 heteroatoms. The summed E-state index contributed by atoms with van der Waals surface area (Å²) < 4.78 is 16.1. The van der Waals surface area contributed by atoms with Crippen molar-refractivity contribution in [2.75, 3.05) is 45.5 Å². The van der Waals surface area contributed by atoms with Gasteiger partial charge in [-0.2, -0.15) is 11.8 Å². The maximum atomic E-state index is 5.74. The molecule has 0 fully saturated rings. The lowest BCUT2D eigenvalue weighted by Gasteiger charge is -2.12. The van der Waals surface area contributed by atoms with Crippen LogP contribution in [0.15, 0.2) is 18.2 Å². The minimum absolute atomic E-state index is 0.709. The molecule has 0 bridgehead atoms. The topological polar surface area (TPSA) is 39.7 Å². The first kappa shape index (κ1) is 17.1. The van der Waals surface area contributed by atoms with Crippen LogP contribution in [-0.4, -0.2) is 45.5 Å². The summed E-state index contributed by atoms with van der Waals surface area (Å²) in [5.74, 6) is 3.72. The highest BCUT2D eigenvalue weighted by Crippen LogP contribution is 2.28. The molecule has 0 aliphatic heterocycles. The second-order valence-corrected chi connectivity index (χ2v) is 5.59. The Kier molecular flexibility index (Phi) is 9.28. The third kappa shape index (κ3) is 6.50. The molecule has 0 atom stereocenters. The van der Waals surface area contributed by atoms with E-state index < -0.39 is 0 Å². The predicted octanol–water partition coefficient (Wildman–Crippen LogP) is 2.56. The molecule has 4 nitrogen and oxygen atoms in total. The third-order valence-electron chi connectivity index (χ3n) is 2.73. The molecular weight excluding hydrogens is 274 g/mol. The third-order valence-corrected chi connectivity index (χ3v) is 3.59. The van der Waals surface area contributed by atoms with Crippen LogP contribution in [0.4, 0.5) is 0 Å². The van der Waals surface area contributed by atoms with E-state index in [1.165, 1.54) is 5.56 Å². The first-order chi connectivity index (χ1) is 9.81. The second-order valence-electron chi connectivity index (χ2n) is 4.20. The Hall–Kier alpha value is -0.910. The van der Waals surface area contributed by atoms with Crippen LogP contribution in [0, 0.1) is 0 Å². The highest BCUT2D eigenvalue weighted by Gasteiger charge is 2.05. The Labute approximate surface area is 126 Å². The van der Waals surface area contributed by atoms with Gasteiger partial charge in [0, 0.05) is 26.0 Å². The zero-order valence-corrected chi connectivity index (χ0v) is 13.4. The Morgan fingerprint density at radius 1 is 1.15 bits per heavy atom. The Balaban J connectivity index is 2.47. The minimum atomic E-state index is 0.709. The highest BCUT2D eigenvalue weighted by atomic mass is 32.2. The molecule has 0 saturated heterocycles. The van der Waals surface area contributed by atoms with Crippen molar-refractivity contribution in [3.8, 4) is 11.5 Å². The fourth-order valence-electron chi connectivity index (χ4n) is 1.70. The summed E-state index contributed by atoms with van der Waals surface area (Å²) in [4.78, 5) is 0. The van der Waals surface area contributed by atoms with E-state index in [1.807, 2.05) is 23.9 Å². The van der Waals surface area contributed by atoms with E-state index in [-0.39, 0.29) is 0 Å². The summed E-state index contributed by atoms with van der Waals surface area (Å²) >= 11 is 1.87. The molecule has 1 aromatic rings. The van der Waals surface area contributed by atoms with Gasteiger partial charge in [0.1, 0.15) is 0 Å². The van der Waals surface area contributed by atoms with Crippen molar-refractivity contribution in [2.45, 2.75) is 13.5 Å². The summed E-state index contributed by atoms with van der Waals surface area (Å²) in [6.07, 6.45) is 0. The molecule has 0 radical (unpaired) electrons. The van der Waals surface area contributed by atoms with E-state index in [9.17, 15) is 0 Å². The van der Waals surface area contributed by atoms with E-state index in [0.717, 1.165) is 36.1 Å². The molecule has 0 heterocycles. The van der Waals surface area contributed by atoms with Crippen molar-refractivity contribution in [1.29, 1.82) is 0 Å². The fraction of sp³-hybridized carbons (Fsp3) is 0.600. The minimum Gasteiger partial charge on any atom is -0.493 e. The molecule has 0 saturated carbocycles. The number of nitrogens with one attached hydrogen (secondary N) is 1. The predicted molar refractivity (Wildman–Crippen MR) is 85.1 cm³/mol. The van der Waals surface area contributed by atoms with E-state index in [4.69, 9.17) is 14.2 Å². The normalized spacial score (nSPS) is 10.6. The van der Waals surface area contributed by atoms with Crippen molar-refractivity contribution in [1.82, 2.24) is 5.32 Å². The van der Waals surface area contributed by atoms with Gasteiger partial charge in [0.15, 0.2) is 11.5 Å². The summed E-state index contributed by atoms with van der Waals surface area (Å²) in [6.45, 7) is 5.21. The number of rotatable bonds is 11. The maximum Gasteiger partial charge on any atom is 0.161 e. The SMILES string of the molecule is CCSCCOc1ccc(CNCCOC)cc1OC. The van der Waals surface area contributed by atoms with Crippen LogP contribution in [0.2, 0.25) is 0 Å². The van der Waals surface area contributed by atoms with Gasteiger partial charge in [-0.05, 0) is 23.4 Å². The molecule has 20 heavy (non-hydrogen) atoms. The molecule has 1 aromatic carbocycles. The van der Waals surface area contributed by atoms with Gasteiger partial charge in [-0.1, -0.05) is 13.0 Å². The molecule has 0 aliphatic carbocycles. The summed E-state index contributed by atoms with van der Waals surface area (Å²) in [7, 11) is 3.37. The number of thioether (sulfide) groups is 1. The molecule has 0 spiro atoms. The number of benzene rings is 1. The quantitative estimate of drug-likeness (QED) is 0.636. The van der Waals surface area contributed by atoms with Gasteiger partial charge >= 0.3 is 0 Å². The van der Waals surface area contributed by atoms with Crippen LogP contribution in [0.5, 0.6) is 11.5 Å². The summed E-state index contributed by atoms with van der Waals surface area (Å²) in [6, 6.07) is 6.05. The van der Waals surface area contributed by atoms with Crippen LogP contribution in [0.3, 0.4) is 0 Å². The Bertz CT molecular complexity index is 374. The lowest BCUT2D eigenvalue weighted by molar-refractivity contribution is 0.199. The van der Waals surface area contributed by atoms with Crippen molar-refractivity contribution in [3.63, 3.8) is 0 Å². The van der Waals surface area contributed by atoms with Crippen molar-refractivity contribution >= 4 is 11.8 Å².